The van der Waals surface area contributed by atoms with Gasteiger partial charge >= 0.3 is 0 Å². The van der Waals surface area contributed by atoms with E-state index in [9.17, 15) is 9.59 Å². The van der Waals surface area contributed by atoms with E-state index in [0.29, 0.717) is 24.2 Å². The minimum absolute atomic E-state index is 0.00456. The minimum Gasteiger partial charge on any atom is -0.354 e. The van der Waals surface area contributed by atoms with Gasteiger partial charge in [-0.15, -0.1) is 0 Å². The predicted octanol–water partition coefficient (Wildman–Crippen LogP) is 3.06. The van der Waals surface area contributed by atoms with Crippen molar-refractivity contribution < 1.29 is 9.59 Å². The molecule has 0 bridgehead atoms. The summed E-state index contributed by atoms with van der Waals surface area (Å²) in [4.78, 5) is 33.0. The first-order valence-corrected chi connectivity index (χ1v) is 10.3. The fourth-order valence-electron chi connectivity index (χ4n) is 4.42. The fourth-order valence-corrected chi connectivity index (χ4v) is 4.42. The molecule has 1 N–H and O–H groups in total. The number of aryl methyl sites for hydroxylation is 1. The van der Waals surface area contributed by atoms with Gasteiger partial charge in [-0.2, -0.15) is 5.26 Å². The monoisotopic (exact) mass is 390 g/mol. The van der Waals surface area contributed by atoms with Crippen molar-refractivity contribution in [1.82, 2.24) is 14.8 Å². The molecule has 4 rings (SSSR count). The number of hydrogen-bond donors (Lipinski definition) is 1. The number of rotatable bonds is 3. The minimum atomic E-state index is 0.00456. The van der Waals surface area contributed by atoms with E-state index in [-0.39, 0.29) is 11.7 Å². The molecular weight excluding hydrogens is 364 g/mol. The Hall–Kier alpha value is -2.91. The van der Waals surface area contributed by atoms with Crippen molar-refractivity contribution in [2.75, 3.05) is 26.2 Å². The summed E-state index contributed by atoms with van der Waals surface area (Å²) in [5.41, 5.74) is 4.93. The maximum Gasteiger partial charge on any atom is 0.270 e. The lowest BCUT2D eigenvalue weighted by Gasteiger charge is -2.22. The Morgan fingerprint density at radius 2 is 1.90 bits per heavy atom. The van der Waals surface area contributed by atoms with Crippen LogP contribution in [0.5, 0.6) is 0 Å². The highest BCUT2D eigenvalue weighted by Gasteiger charge is 2.29. The average Bonchev–Trinajstić information content (AvgIpc) is 2.91. The van der Waals surface area contributed by atoms with Crippen molar-refractivity contribution in [2.45, 2.75) is 39.2 Å². The third-order valence-electron chi connectivity index (χ3n) is 6.02. The van der Waals surface area contributed by atoms with Gasteiger partial charge in [0.1, 0.15) is 5.69 Å². The molecule has 1 aromatic heterocycles. The summed E-state index contributed by atoms with van der Waals surface area (Å²) in [6.07, 6.45) is 3.19. The van der Waals surface area contributed by atoms with Crippen LogP contribution in [0.2, 0.25) is 0 Å². The number of fused-ring (bicyclic) bond motifs is 1. The molecule has 1 aliphatic heterocycles. The number of aromatic nitrogens is 1. The van der Waals surface area contributed by atoms with Crippen molar-refractivity contribution in [2.24, 2.45) is 0 Å². The van der Waals surface area contributed by atoms with Crippen LogP contribution in [0.15, 0.2) is 24.3 Å². The Labute approximate surface area is 171 Å². The molecular formula is C23H26N4O2. The van der Waals surface area contributed by atoms with Crippen LogP contribution in [-0.4, -0.2) is 52.7 Å². The number of carbonyl (C=O) groups is 2. The van der Waals surface area contributed by atoms with Crippen LogP contribution in [0.3, 0.4) is 0 Å². The second-order valence-corrected chi connectivity index (χ2v) is 7.99. The molecule has 1 saturated heterocycles. The highest BCUT2D eigenvalue weighted by molar-refractivity contribution is 6.04. The van der Waals surface area contributed by atoms with Gasteiger partial charge in [0.25, 0.3) is 5.91 Å². The molecule has 0 spiro atoms. The zero-order chi connectivity index (χ0) is 20.4. The number of nitriles is 1. The van der Waals surface area contributed by atoms with Gasteiger partial charge in [-0.1, -0.05) is 12.1 Å². The Bertz CT molecular complexity index is 968. The summed E-state index contributed by atoms with van der Waals surface area (Å²) in [7, 11) is 0. The number of hydrogen-bond acceptors (Lipinski definition) is 4. The highest BCUT2D eigenvalue weighted by atomic mass is 16.2. The lowest BCUT2D eigenvalue weighted by atomic mass is 9.94. The third-order valence-corrected chi connectivity index (χ3v) is 6.02. The number of carbonyl (C=O) groups excluding carboxylic acids is 2. The standard InChI is InChI=1S/C23H26N4O2/c1-16-21-19(4-2-5-20(21)28)25-22(16)23(29)27-11-3-10-26(12-13-27)15-18-8-6-17(14-24)7-9-18/h6-9,25H,2-5,10-13,15H2,1H3. The van der Waals surface area contributed by atoms with Crippen LogP contribution < -0.4 is 0 Å². The van der Waals surface area contributed by atoms with E-state index in [4.69, 9.17) is 5.26 Å². The summed E-state index contributed by atoms with van der Waals surface area (Å²) in [5.74, 6) is 0.161. The molecule has 0 radical (unpaired) electrons. The van der Waals surface area contributed by atoms with E-state index in [1.165, 1.54) is 5.56 Å². The average molecular weight is 390 g/mol. The summed E-state index contributed by atoms with van der Waals surface area (Å²) in [6, 6.07) is 9.83. The van der Waals surface area contributed by atoms with E-state index < -0.39 is 0 Å². The normalized spacial score (nSPS) is 17.5. The number of benzene rings is 1. The molecule has 1 aliphatic carbocycles. The Kier molecular flexibility index (Phi) is 5.50. The van der Waals surface area contributed by atoms with Crippen LogP contribution >= 0.6 is 0 Å². The first-order valence-electron chi connectivity index (χ1n) is 10.3. The Morgan fingerprint density at radius 1 is 1.10 bits per heavy atom. The van der Waals surface area contributed by atoms with Gasteiger partial charge in [0, 0.05) is 50.4 Å². The highest BCUT2D eigenvalue weighted by Crippen LogP contribution is 2.27. The SMILES string of the molecule is Cc1c(C(=O)N2CCCN(Cc3ccc(C#N)cc3)CC2)[nH]c2c1C(=O)CCC2. The van der Waals surface area contributed by atoms with Gasteiger partial charge in [0.05, 0.1) is 11.6 Å². The summed E-state index contributed by atoms with van der Waals surface area (Å²) in [6.45, 7) is 5.84. The van der Waals surface area contributed by atoms with Crippen LogP contribution in [0, 0.1) is 18.3 Å². The predicted molar refractivity (Wildman–Crippen MR) is 110 cm³/mol. The third kappa shape index (κ3) is 3.96. The molecule has 0 saturated carbocycles. The molecule has 2 heterocycles. The molecule has 6 heteroatoms. The van der Waals surface area contributed by atoms with Crippen LogP contribution in [-0.2, 0) is 13.0 Å². The lowest BCUT2D eigenvalue weighted by molar-refractivity contribution is 0.0755. The molecule has 0 unspecified atom stereocenters. The van der Waals surface area contributed by atoms with E-state index in [0.717, 1.165) is 62.3 Å². The smallest absolute Gasteiger partial charge is 0.270 e. The van der Waals surface area contributed by atoms with E-state index in [2.05, 4.69) is 16.0 Å². The van der Waals surface area contributed by atoms with Crippen LogP contribution in [0.1, 0.15) is 62.5 Å². The molecule has 0 atom stereocenters. The summed E-state index contributed by atoms with van der Waals surface area (Å²) >= 11 is 0. The van der Waals surface area contributed by atoms with Crippen molar-refractivity contribution in [3.63, 3.8) is 0 Å². The van der Waals surface area contributed by atoms with Gasteiger partial charge in [0.2, 0.25) is 0 Å². The Morgan fingerprint density at radius 3 is 2.62 bits per heavy atom. The van der Waals surface area contributed by atoms with Gasteiger partial charge in [-0.05, 0) is 49.4 Å². The number of Topliss-reactive ketones (excluding diaryl/α,β-unsaturated/α-hetero) is 1. The summed E-state index contributed by atoms with van der Waals surface area (Å²) in [5, 5.41) is 8.93. The molecule has 29 heavy (non-hydrogen) atoms. The Balaban J connectivity index is 1.42. The van der Waals surface area contributed by atoms with Gasteiger partial charge in [-0.3, -0.25) is 14.5 Å². The van der Waals surface area contributed by atoms with Crippen LogP contribution in [0.4, 0.5) is 0 Å². The molecule has 1 aromatic carbocycles. The number of ketones is 1. The second-order valence-electron chi connectivity index (χ2n) is 7.99. The molecule has 1 amide bonds. The molecule has 6 nitrogen and oxygen atoms in total. The molecule has 2 aromatic rings. The van der Waals surface area contributed by atoms with Crippen molar-refractivity contribution in [1.29, 1.82) is 5.26 Å². The topological polar surface area (TPSA) is 80.2 Å². The second kappa shape index (κ2) is 8.22. The zero-order valence-corrected chi connectivity index (χ0v) is 16.8. The maximum absolute atomic E-state index is 13.2. The number of aromatic amines is 1. The molecule has 2 aliphatic rings. The number of H-pyrrole nitrogens is 1. The first-order chi connectivity index (χ1) is 14.1. The first kappa shape index (κ1) is 19.4. The van der Waals surface area contributed by atoms with E-state index >= 15 is 0 Å². The number of amides is 1. The fraction of sp³-hybridized carbons (Fsp3) is 0.435. The zero-order valence-electron chi connectivity index (χ0n) is 16.8. The van der Waals surface area contributed by atoms with Crippen molar-refractivity contribution >= 4 is 11.7 Å². The van der Waals surface area contributed by atoms with Gasteiger partial charge in [-0.25, -0.2) is 0 Å². The van der Waals surface area contributed by atoms with E-state index in [1.807, 2.05) is 36.1 Å². The number of nitrogens with zero attached hydrogens (tertiary/aromatic N) is 3. The molecule has 1 fully saturated rings. The maximum atomic E-state index is 13.2. The largest absolute Gasteiger partial charge is 0.354 e. The van der Waals surface area contributed by atoms with E-state index in [1.54, 1.807) is 0 Å². The van der Waals surface area contributed by atoms with Gasteiger partial charge < -0.3 is 9.88 Å². The number of nitrogens with one attached hydrogen (secondary N) is 1. The quantitative estimate of drug-likeness (QED) is 0.873. The van der Waals surface area contributed by atoms with Gasteiger partial charge in [0.15, 0.2) is 5.78 Å². The van der Waals surface area contributed by atoms with Crippen molar-refractivity contribution in [3.05, 3.63) is 57.9 Å². The lowest BCUT2D eigenvalue weighted by Crippen LogP contribution is -2.35. The molecule has 150 valence electrons. The van der Waals surface area contributed by atoms with Crippen LogP contribution in [0.25, 0.3) is 0 Å². The summed E-state index contributed by atoms with van der Waals surface area (Å²) < 4.78 is 0. The van der Waals surface area contributed by atoms with Crippen molar-refractivity contribution in [3.8, 4) is 6.07 Å².